The molecule has 0 saturated carbocycles. The Balaban J connectivity index is 1.25. The summed E-state index contributed by atoms with van der Waals surface area (Å²) in [4.78, 5) is 2.38. The summed E-state index contributed by atoms with van der Waals surface area (Å²) in [7, 11) is 2.14. The van der Waals surface area contributed by atoms with Crippen LogP contribution in [0.15, 0.2) is 24.3 Å². The van der Waals surface area contributed by atoms with E-state index in [9.17, 15) is 20.4 Å². The number of hydrogen-bond donors (Lipinski definition) is 5. The summed E-state index contributed by atoms with van der Waals surface area (Å²) < 4.78 is 18.6. The van der Waals surface area contributed by atoms with Crippen LogP contribution < -0.4 is 4.74 Å². The van der Waals surface area contributed by atoms with Crippen LogP contribution in [0.3, 0.4) is 0 Å². The lowest BCUT2D eigenvalue weighted by Gasteiger charge is -2.57. The first-order valence-electron chi connectivity index (χ1n) is 11.9. The molecule has 7 rings (SSSR count). The van der Waals surface area contributed by atoms with Crippen LogP contribution in [0.4, 0.5) is 0 Å². The fourth-order valence-corrected chi connectivity index (χ4v) is 6.96. The summed E-state index contributed by atoms with van der Waals surface area (Å²) in [5, 5.41) is 55.8. The molecule has 2 saturated heterocycles. The van der Waals surface area contributed by atoms with Crippen molar-refractivity contribution in [2.75, 3.05) is 13.6 Å². The van der Waals surface area contributed by atoms with Crippen molar-refractivity contribution in [1.29, 1.82) is 0 Å². The summed E-state index contributed by atoms with van der Waals surface area (Å²) in [5.74, 6) is 0.827. The number of tetrazole rings is 1. The predicted molar refractivity (Wildman–Crippen MR) is 116 cm³/mol. The van der Waals surface area contributed by atoms with Gasteiger partial charge in [-0.3, -0.25) is 0 Å². The summed E-state index contributed by atoms with van der Waals surface area (Å²) in [6, 6.07) is 3.97. The smallest absolute Gasteiger partial charge is 0.206 e. The Kier molecular flexibility index (Phi) is 4.61. The molecule has 5 N–H and O–H groups in total. The van der Waals surface area contributed by atoms with E-state index in [2.05, 4.69) is 38.6 Å². The Labute approximate surface area is 200 Å². The predicted octanol–water partition coefficient (Wildman–Crippen LogP) is -1.08. The van der Waals surface area contributed by atoms with Crippen LogP contribution in [-0.2, 0) is 21.3 Å². The minimum atomic E-state index is -1.55. The molecule has 0 radical (unpaired) electrons. The second-order valence-electron chi connectivity index (χ2n) is 10.2. The van der Waals surface area contributed by atoms with E-state index in [0.29, 0.717) is 11.8 Å². The number of likely N-dealkylation sites (N-methyl/N-ethyl adjacent to an activating group) is 1. The molecule has 2 aliphatic carbocycles. The van der Waals surface area contributed by atoms with Gasteiger partial charge in [0.1, 0.15) is 30.5 Å². The Morgan fingerprint density at radius 1 is 1.17 bits per heavy atom. The summed E-state index contributed by atoms with van der Waals surface area (Å²) >= 11 is 0. The number of hydrogen-bond acceptors (Lipinski definition) is 11. The van der Waals surface area contributed by atoms with Gasteiger partial charge in [0.25, 0.3) is 0 Å². The summed E-state index contributed by atoms with van der Waals surface area (Å²) in [6.45, 7) is 0.878. The Bertz CT molecular complexity index is 1180. The van der Waals surface area contributed by atoms with Crippen LogP contribution in [0.1, 0.15) is 29.5 Å². The van der Waals surface area contributed by atoms with Gasteiger partial charge in [-0.25, -0.2) is 0 Å². The maximum Gasteiger partial charge on any atom is 0.206 e. The van der Waals surface area contributed by atoms with Gasteiger partial charge in [-0.05, 0) is 38.1 Å². The van der Waals surface area contributed by atoms with Crippen molar-refractivity contribution in [2.24, 2.45) is 5.92 Å². The van der Waals surface area contributed by atoms with Gasteiger partial charge in [0.15, 0.2) is 23.9 Å². The van der Waals surface area contributed by atoms with Crippen LogP contribution in [0.5, 0.6) is 11.5 Å². The average Bonchev–Trinajstić information content (AvgIpc) is 3.50. The first-order valence-corrected chi connectivity index (χ1v) is 11.9. The van der Waals surface area contributed by atoms with E-state index in [1.54, 1.807) is 6.07 Å². The fourth-order valence-electron chi connectivity index (χ4n) is 6.96. The van der Waals surface area contributed by atoms with Gasteiger partial charge < -0.3 is 39.5 Å². The third-order valence-corrected chi connectivity index (χ3v) is 8.61. The Morgan fingerprint density at radius 2 is 2.03 bits per heavy atom. The molecule has 2 bridgehead atoms. The van der Waals surface area contributed by atoms with E-state index >= 15 is 0 Å². The van der Waals surface area contributed by atoms with E-state index in [4.69, 9.17) is 14.2 Å². The maximum atomic E-state index is 10.7. The molecule has 0 amide bonds. The van der Waals surface area contributed by atoms with Crippen molar-refractivity contribution < 1.29 is 34.6 Å². The highest BCUT2D eigenvalue weighted by Crippen LogP contribution is 2.62. The first kappa shape index (κ1) is 21.7. The molecule has 2 fully saturated rings. The number of phenols is 1. The van der Waals surface area contributed by atoms with Crippen molar-refractivity contribution >= 4 is 0 Å². The summed E-state index contributed by atoms with van der Waals surface area (Å²) in [6.07, 6.45) is -2.28. The van der Waals surface area contributed by atoms with Gasteiger partial charge in [-0.2, -0.15) is 5.21 Å². The van der Waals surface area contributed by atoms with E-state index in [-0.39, 0.29) is 22.9 Å². The zero-order valence-corrected chi connectivity index (χ0v) is 18.9. The maximum absolute atomic E-state index is 10.7. The molecule has 5 aliphatic rings. The number of phenolic OH excluding ortho intramolecular Hbond substituents is 1. The van der Waals surface area contributed by atoms with Crippen molar-refractivity contribution in [3.05, 3.63) is 41.2 Å². The first-order chi connectivity index (χ1) is 16.9. The highest BCUT2D eigenvalue weighted by atomic mass is 16.7. The van der Waals surface area contributed by atoms with Crippen molar-refractivity contribution in [3.63, 3.8) is 0 Å². The lowest BCUT2D eigenvalue weighted by molar-refractivity contribution is -0.314. The van der Waals surface area contributed by atoms with E-state index < -0.39 is 42.9 Å². The Hall–Kier alpha value is -2.61. The average molecular weight is 485 g/mol. The van der Waals surface area contributed by atoms with Gasteiger partial charge in [0.2, 0.25) is 5.82 Å². The van der Waals surface area contributed by atoms with E-state index in [1.807, 2.05) is 12.1 Å². The topological polar surface area (TPSA) is 166 Å². The lowest BCUT2D eigenvalue weighted by Crippen LogP contribution is -2.66. The number of aliphatic hydroxyl groups excluding tert-OH is 3. The van der Waals surface area contributed by atoms with Crippen LogP contribution in [0.25, 0.3) is 0 Å². The van der Waals surface area contributed by atoms with Crippen molar-refractivity contribution in [2.45, 2.75) is 67.2 Å². The second kappa shape index (κ2) is 7.45. The molecular weight excluding hydrogens is 458 g/mol. The van der Waals surface area contributed by atoms with E-state index in [0.717, 1.165) is 24.9 Å². The molecule has 35 heavy (non-hydrogen) atoms. The SMILES string of the molecule is CN1CC[C@]23c4c5ccc(O)c4O[C@H]2C(O[C@@H]2OC(c4nn[nH]n4)[C@H](O)[C@H](O)C2O)C=CC3[C@H]1C5. The highest BCUT2D eigenvalue weighted by Gasteiger charge is 2.65. The lowest BCUT2D eigenvalue weighted by atomic mass is 9.53. The largest absolute Gasteiger partial charge is 0.504 e. The molecule has 1 aromatic heterocycles. The zero-order chi connectivity index (χ0) is 24.1. The van der Waals surface area contributed by atoms with Gasteiger partial charge in [-0.15, -0.1) is 10.2 Å². The molecule has 3 aliphatic heterocycles. The molecule has 4 heterocycles. The molecule has 12 heteroatoms. The number of nitrogens with one attached hydrogen (secondary N) is 1. The quantitative estimate of drug-likeness (QED) is 0.336. The minimum Gasteiger partial charge on any atom is -0.504 e. The third-order valence-electron chi connectivity index (χ3n) is 8.61. The number of ether oxygens (including phenoxy) is 3. The number of aliphatic hydroxyl groups is 3. The number of likely N-dealkylation sites (tertiary alicyclic amines) is 1. The Morgan fingerprint density at radius 3 is 2.83 bits per heavy atom. The highest BCUT2D eigenvalue weighted by molar-refractivity contribution is 5.61. The number of piperidine rings is 1. The number of benzene rings is 1. The number of aromatic hydroxyl groups is 1. The minimum absolute atomic E-state index is 0.0411. The number of H-pyrrole nitrogens is 1. The molecule has 12 nitrogen and oxygen atoms in total. The molecule has 1 spiro atoms. The van der Waals surface area contributed by atoms with Gasteiger partial charge >= 0.3 is 0 Å². The monoisotopic (exact) mass is 485 g/mol. The zero-order valence-electron chi connectivity index (χ0n) is 18.9. The summed E-state index contributed by atoms with van der Waals surface area (Å²) in [5.41, 5.74) is 1.84. The standard InChI is InChI=1S/C23H27N5O7/c1-28-7-6-23-10-3-5-13(20(23)34-18-12(29)4-2-9(14(18)23)8-11(10)28)33-22-17(32)15(30)16(31)19(35-22)21-24-26-27-25-21/h2-5,10-11,13,15-17,19-20,22,29-32H,6-8H2,1H3,(H,24,25,26,27)/t10?,11-,13?,15+,16-,17?,19?,20+,22-,23+/m1/s1. The number of aromatic nitrogens is 4. The van der Waals surface area contributed by atoms with Crippen molar-refractivity contribution in [1.82, 2.24) is 25.5 Å². The molecule has 186 valence electrons. The van der Waals surface area contributed by atoms with Crippen LogP contribution in [-0.4, -0.2) is 102 Å². The molecule has 1 aromatic carbocycles. The number of aromatic amines is 1. The van der Waals surface area contributed by atoms with E-state index in [1.165, 1.54) is 5.56 Å². The normalized spacial score (nSPS) is 43.6. The van der Waals surface area contributed by atoms with Crippen LogP contribution in [0.2, 0.25) is 0 Å². The van der Waals surface area contributed by atoms with Crippen LogP contribution >= 0.6 is 0 Å². The molecule has 10 atom stereocenters. The number of rotatable bonds is 3. The molecule has 2 aromatic rings. The van der Waals surface area contributed by atoms with Crippen LogP contribution in [0, 0.1) is 5.92 Å². The molecular formula is C23H27N5O7. The third kappa shape index (κ3) is 2.80. The van der Waals surface area contributed by atoms with Gasteiger partial charge in [0.05, 0.1) is 0 Å². The number of nitrogens with zero attached hydrogens (tertiary/aromatic N) is 4. The molecule has 4 unspecified atom stereocenters. The fraction of sp³-hybridized carbons (Fsp3) is 0.609. The second-order valence-corrected chi connectivity index (χ2v) is 10.2. The van der Waals surface area contributed by atoms with Crippen molar-refractivity contribution in [3.8, 4) is 11.5 Å². The van der Waals surface area contributed by atoms with Gasteiger partial charge in [0, 0.05) is 22.9 Å². The van der Waals surface area contributed by atoms with Gasteiger partial charge in [-0.1, -0.05) is 23.4 Å².